The minimum absolute atomic E-state index is 0.00522. The number of aliphatic carboxylic acids is 1. The number of likely N-dealkylation sites (N-methyl/N-ethyl adjacent to an activating group) is 1. The van der Waals surface area contributed by atoms with E-state index < -0.39 is 17.7 Å². The van der Waals surface area contributed by atoms with Gasteiger partial charge in [-0.2, -0.15) is 13.2 Å². The summed E-state index contributed by atoms with van der Waals surface area (Å²) in [4.78, 5) is 26.3. The molecule has 1 heterocycles. The zero-order valence-electron chi connectivity index (χ0n) is 16.5. The van der Waals surface area contributed by atoms with Gasteiger partial charge in [-0.05, 0) is 41.0 Å². The molecule has 2 aromatic rings. The van der Waals surface area contributed by atoms with E-state index in [-0.39, 0.29) is 19.0 Å². The number of carboxylic acids is 1. The number of urea groups is 1. The molecule has 0 radical (unpaired) electrons. The maximum Gasteiger partial charge on any atom is 0.416 e. The Morgan fingerprint density at radius 1 is 1.13 bits per heavy atom. The van der Waals surface area contributed by atoms with Gasteiger partial charge >= 0.3 is 18.2 Å². The van der Waals surface area contributed by atoms with Crippen LogP contribution in [0.4, 0.5) is 18.0 Å². The highest BCUT2D eigenvalue weighted by Gasteiger charge is 2.32. The van der Waals surface area contributed by atoms with Crippen molar-refractivity contribution in [1.82, 2.24) is 9.80 Å². The molecule has 3 rings (SSSR count). The van der Waals surface area contributed by atoms with Crippen LogP contribution in [0, 0.1) is 0 Å². The molecular weight excluding hydrogens is 401 g/mol. The van der Waals surface area contributed by atoms with Crippen molar-refractivity contribution in [2.45, 2.75) is 19.1 Å². The smallest absolute Gasteiger partial charge is 0.416 e. The van der Waals surface area contributed by atoms with Gasteiger partial charge in [0.25, 0.3) is 0 Å². The first-order chi connectivity index (χ1) is 14.1. The Bertz CT molecular complexity index is 975. The number of benzene rings is 2. The Kier molecular flexibility index (Phi) is 5.91. The molecule has 0 aromatic heterocycles. The molecular formula is C21H21F3N2O4. The summed E-state index contributed by atoms with van der Waals surface area (Å²) in [6, 6.07) is 7.86. The molecule has 160 valence electrons. The molecule has 0 atom stereocenters. The number of halogens is 3. The number of carbonyl (C=O) groups excluding carboxylic acids is 1. The van der Waals surface area contributed by atoms with Crippen molar-refractivity contribution < 1.29 is 32.6 Å². The summed E-state index contributed by atoms with van der Waals surface area (Å²) >= 11 is 0. The van der Waals surface area contributed by atoms with Gasteiger partial charge < -0.3 is 19.6 Å². The number of hydrogen-bond donors (Lipinski definition) is 1. The number of hydrogen-bond acceptors (Lipinski definition) is 3. The van der Waals surface area contributed by atoms with Gasteiger partial charge in [0.1, 0.15) is 5.75 Å². The number of amides is 2. The van der Waals surface area contributed by atoms with Crippen LogP contribution < -0.4 is 4.74 Å². The van der Waals surface area contributed by atoms with Gasteiger partial charge in [-0.1, -0.05) is 12.1 Å². The van der Waals surface area contributed by atoms with E-state index in [1.54, 1.807) is 25.2 Å². The van der Waals surface area contributed by atoms with Crippen molar-refractivity contribution in [3.63, 3.8) is 0 Å². The molecule has 1 aliphatic rings. The van der Waals surface area contributed by atoms with E-state index >= 15 is 0 Å². The quantitative estimate of drug-likeness (QED) is 0.767. The van der Waals surface area contributed by atoms with E-state index in [0.29, 0.717) is 41.1 Å². The summed E-state index contributed by atoms with van der Waals surface area (Å²) in [6.45, 7) is 0.889. The van der Waals surface area contributed by atoms with Crippen LogP contribution in [0.3, 0.4) is 0 Å². The number of carbonyl (C=O) groups is 2. The molecule has 1 fully saturated rings. The molecule has 6 nitrogen and oxygen atoms in total. The second-order valence-electron chi connectivity index (χ2n) is 7.10. The predicted octanol–water partition coefficient (Wildman–Crippen LogP) is 3.88. The minimum Gasteiger partial charge on any atom is -0.496 e. The van der Waals surface area contributed by atoms with Crippen LogP contribution in [0.5, 0.6) is 5.75 Å². The summed E-state index contributed by atoms with van der Waals surface area (Å²) in [7, 11) is 3.06. The van der Waals surface area contributed by atoms with Crippen molar-refractivity contribution in [2.24, 2.45) is 0 Å². The molecule has 9 heteroatoms. The Morgan fingerprint density at radius 3 is 2.43 bits per heavy atom. The first kappa shape index (κ1) is 21.5. The summed E-state index contributed by atoms with van der Waals surface area (Å²) in [5.74, 6) is -0.625. The van der Waals surface area contributed by atoms with E-state index in [1.165, 1.54) is 23.0 Å². The fourth-order valence-corrected chi connectivity index (χ4v) is 3.47. The predicted molar refractivity (Wildman–Crippen MR) is 103 cm³/mol. The molecule has 0 bridgehead atoms. The molecule has 0 aliphatic carbocycles. The van der Waals surface area contributed by atoms with Crippen LogP contribution in [-0.4, -0.2) is 54.2 Å². The molecule has 1 aliphatic heterocycles. The van der Waals surface area contributed by atoms with Crippen molar-refractivity contribution in [3.05, 3.63) is 53.1 Å². The highest BCUT2D eigenvalue weighted by atomic mass is 19.4. The molecule has 1 N–H and O–H groups in total. The van der Waals surface area contributed by atoms with Crippen molar-refractivity contribution in [1.29, 1.82) is 0 Å². The Morgan fingerprint density at radius 2 is 1.87 bits per heavy atom. The summed E-state index contributed by atoms with van der Waals surface area (Å²) in [5.41, 5.74) is 0.900. The van der Waals surface area contributed by atoms with Gasteiger partial charge in [0.05, 0.1) is 19.1 Å². The van der Waals surface area contributed by atoms with Gasteiger partial charge in [-0.15, -0.1) is 0 Å². The lowest BCUT2D eigenvalue weighted by atomic mass is 9.94. The third-order valence-electron chi connectivity index (χ3n) is 5.01. The second kappa shape index (κ2) is 8.25. The molecule has 1 saturated heterocycles. The monoisotopic (exact) mass is 422 g/mol. The standard InChI is InChI=1S/C21H21F3N2O4/c1-25-7-8-26(20(25)29)12-14-11-15(21(22,23)24)4-5-16(14)17-9-13(10-19(27)28)3-6-18(17)30-2/h3-6,9,11H,7-8,10,12H2,1-2H3,(H,27,28). The summed E-state index contributed by atoms with van der Waals surface area (Å²) in [5, 5.41) is 9.07. The topological polar surface area (TPSA) is 70.1 Å². The Balaban J connectivity index is 2.11. The van der Waals surface area contributed by atoms with E-state index in [9.17, 15) is 22.8 Å². The number of alkyl halides is 3. The van der Waals surface area contributed by atoms with E-state index in [0.717, 1.165) is 12.1 Å². The fraction of sp³-hybridized carbons (Fsp3) is 0.333. The summed E-state index contributed by atoms with van der Waals surface area (Å²) < 4.78 is 45.3. The average Bonchev–Trinajstić information content (AvgIpc) is 2.99. The van der Waals surface area contributed by atoms with E-state index in [1.807, 2.05) is 0 Å². The van der Waals surface area contributed by atoms with Crippen molar-refractivity contribution >= 4 is 12.0 Å². The second-order valence-corrected chi connectivity index (χ2v) is 7.10. The lowest BCUT2D eigenvalue weighted by Gasteiger charge is -2.21. The SMILES string of the molecule is COc1ccc(CC(=O)O)cc1-c1ccc(C(F)(F)F)cc1CN1CCN(C)C1=O. The molecule has 30 heavy (non-hydrogen) atoms. The number of ether oxygens (including phenoxy) is 1. The fourth-order valence-electron chi connectivity index (χ4n) is 3.47. The van der Waals surface area contributed by atoms with Crippen LogP contribution in [0.1, 0.15) is 16.7 Å². The number of carboxylic acid groups (broad SMARTS) is 1. The van der Waals surface area contributed by atoms with Gasteiger partial charge in [0.2, 0.25) is 0 Å². The minimum atomic E-state index is -4.53. The van der Waals surface area contributed by atoms with Crippen LogP contribution in [-0.2, 0) is 23.9 Å². The van der Waals surface area contributed by atoms with Gasteiger partial charge in [0.15, 0.2) is 0 Å². The highest BCUT2D eigenvalue weighted by molar-refractivity contribution is 5.79. The molecule has 0 unspecified atom stereocenters. The van der Waals surface area contributed by atoms with E-state index in [2.05, 4.69) is 0 Å². The molecule has 0 spiro atoms. The largest absolute Gasteiger partial charge is 0.496 e. The zero-order chi connectivity index (χ0) is 22.1. The van der Waals surface area contributed by atoms with Crippen LogP contribution in [0.2, 0.25) is 0 Å². The van der Waals surface area contributed by atoms with Crippen LogP contribution >= 0.6 is 0 Å². The Labute approximate surface area is 171 Å². The van der Waals surface area contributed by atoms with E-state index in [4.69, 9.17) is 9.84 Å². The maximum atomic E-state index is 13.3. The van der Waals surface area contributed by atoms with Crippen LogP contribution in [0.25, 0.3) is 11.1 Å². The molecule has 2 amide bonds. The summed E-state index contributed by atoms with van der Waals surface area (Å²) in [6.07, 6.45) is -4.77. The lowest BCUT2D eigenvalue weighted by molar-refractivity contribution is -0.138. The third kappa shape index (κ3) is 4.50. The van der Waals surface area contributed by atoms with Crippen LogP contribution in [0.15, 0.2) is 36.4 Å². The molecule has 0 saturated carbocycles. The van der Waals surface area contributed by atoms with Gasteiger partial charge in [0, 0.05) is 32.2 Å². The third-order valence-corrected chi connectivity index (χ3v) is 5.01. The first-order valence-electron chi connectivity index (χ1n) is 9.19. The normalized spacial score (nSPS) is 14.4. The van der Waals surface area contributed by atoms with Crippen molar-refractivity contribution in [2.75, 3.05) is 27.2 Å². The number of nitrogens with zero attached hydrogens (tertiary/aromatic N) is 2. The maximum absolute atomic E-state index is 13.3. The highest BCUT2D eigenvalue weighted by Crippen LogP contribution is 2.38. The lowest BCUT2D eigenvalue weighted by Crippen LogP contribution is -2.29. The number of methoxy groups -OCH3 is 1. The van der Waals surface area contributed by atoms with Gasteiger partial charge in [-0.3, -0.25) is 4.79 Å². The van der Waals surface area contributed by atoms with Gasteiger partial charge in [-0.25, -0.2) is 4.79 Å². The Hall–Kier alpha value is -3.23. The number of rotatable bonds is 6. The average molecular weight is 422 g/mol. The zero-order valence-corrected chi connectivity index (χ0v) is 16.5. The molecule has 2 aromatic carbocycles. The first-order valence-corrected chi connectivity index (χ1v) is 9.19. The van der Waals surface area contributed by atoms with Crippen molar-refractivity contribution in [3.8, 4) is 16.9 Å².